The van der Waals surface area contributed by atoms with Crippen molar-refractivity contribution in [3.63, 3.8) is 0 Å². The van der Waals surface area contributed by atoms with Gasteiger partial charge in [0.25, 0.3) is 0 Å². The molecule has 0 aliphatic rings. The Morgan fingerprint density at radius 2 is 1.92 bits per heavy atom. The minimum absolute atomic E-state index is 0.0643. The van der Waals surface area contributed by atoms with E-state index in [1.54, 1.807) is 0 Å². The van der Waals surface area contributed by atoms with E-state index in [1.807, 2.05) is 0 Å². The zero-order chi connectivity index (χ0) is 9.84. The standard InChI is InChI=1S/C7H6O5S/c8-7(12-9)5-1-3-6(4-2-5)13(10)11/h1-4,9H,(H,10,11)/p-1. The molecule has 0 saturated heterocycles. The first kappa shape index (κ1) is 9.85. The van der Waals surface area contributed by atoms with Crippen molar-refractivity contribution in [3.8, 4) is 0 Å². The molecule has 0 fully saturated rings. The van der Waals surface area contributed by atoms with Crippen LogP contribution in [-0.4, -0.2) is 20.0 Å². The van der Waals surface area contributed by atoms with E-state index < -0.39 is 17.0 Å². The Labute approximate surface area is 76.2 Å². The van der Waals surface area contributed by atoms with Gasteiger partial charge in [-0.05, 0) is 35.3 Å². The third-order valence-electron chi connectivity index (χ3n) is 1.37. The van der Waals surface area contributed by atoms with Crippen LogP contribution in [0.15, 0.2) is 29.2 Å². The minimum atomic E-state index is -2.32. The summed E-state index contributed by atoms with van der Waals surface area (Å²) in [6.07, 6.45) is 0. The van der Waals surface area contributed by atoms with Crippen molar-refractivity contribution in [2.45, 2.75) is 4.90 Å². The fourth-order valence-corrected chi connectivity index (χ4v) is 1.11. The Bertz CT molecular complexity index is 331. The van der Waals surface area contributed by atoms with Crippen LogP contribution in [0.1, 0.15) is 10.4 Å². The Balaban J connectivity index is 2.93. The zero-order valence-electron chi connectivity index (χ0n) is 6.30. The van der Waals surface area contributed by atoms with E-state index in [1.165, 1.54) is 24.3 Å². The van der Waals surface area contributed by atoms with Gasteiger partial charge < -0.3 is 4.55 Å². The smallest absolute Gasteiger partial charge is 0.372 e. The molecule has 6 heteroatoms. The molecule has 0 spiro atoms. The number of carbonyl (C=O) groups is 1. The van der Waals surface area contributed by atoms with Crippen LogP contribution in [0, 0.1) is 0 Å². The molecule has 1 N–H and O–H groups in total. The summed E-state index contributed by atoms with van der Waals surface area (Å²) in [5.74, 6) is -0.928. The number of rotatable bonds is 2. The van der Waals surface area contributed by atoms with Gasteiger partial charge in [0, 0.05) is 4.90 Å². The molecule has 0 amide bonds. The van der Waals surface area contributed by atoms with Crippen molar-refractivity contribution >= 4 is 17.0 Å². The van der Waals surface area contributed by atoms with Gasteiger partial charge in [-0.2, -0.15) is 5.26 Å². The molecule has 0 bridgehead atoms. The highest BCUT2D eigenvalue weighted by molar-refractivity contribution is 7.79. The third kappa shape index (κ3) is 2.35. The zero-order valence-corrected chi connectivity index (χ0v) is 7.11. The molecule has 1 aromatic carbocycles. The average Bonchev–Trinajstić information content (AvgIpc) is 2.17. The summed E-state index contributed by atoms with van der Waals surface area (Å²) in [5.41, 5.74) is 0.0803. The molecule has 0 aromatic heterocycles. The molecule has 0 heterocycles. The molecule has 0 aliphatic carbocycles. The molecule has 1 atom stereocenters. The lowest BCUT2D eigenvalue weighted by Crippen LogP contribution is -2.01. The van der Waals surface area contributed by atoms with E-state index in [9.17, 15) is 13.6 Å². The molecule has 0 saturated carbocycles. The van der Waals surface area contributed by atoms with Crippen LogP contribution in [0.4, 0.5) is 0 Å². The van der Waals surface area contributed by atoms with Crippen LogP contribution < -0.4 is 0 Å². The van der Waals surface area contributed by atoms with Crippen molar-refractivity contribution in [1.29, 1.82) is 0 Å². The van der Waals surface area contributed by atoms with E-state index in [2.05, 4.69) is 4.89 Å². The van der Waals surface area contributed by atoms with Crippen molar-refractivity contribution in [3.05, 3.63) is 29.8 Å². The van der Waals surface area contributed by atoms with Crippen molar-refractivity contribution in [1.82, 2.24) is 0 Å². The van der Waals surface area contributed by atoms with E-state index in [0.29, 0.717) is 0 Å². The van der Waals surface area contributed by atoms with Gasteiger partial charge in [-0.3, -0.25) is 9.10 Å². The Hall–Kier alpha value is -1.24. The highest BCUT2D eigenvalue weighted by atomic mass is 32.2. The molecule has 1 rings (SSSR count). The van der Waals surface area contributed by atoms with Crippen molar-refractivity contribution in [2.24, 2.45) is 0 Å². The maximum Gasteiger partial charge on any atom is 0.372 e. The maximum atomic E-state index is 10.7. The predicted molar refractivity (Wildman–Crippen MR) is 41.7 cm³/mol. The molecular weight excluding hydrogens is 196 g/mol. The highest BCUT2D eigenvalue weighted by Gasteiger charge is 2.05. The molecule has 0 aliphatic heterocycles. The topological polar surface area (TPSA) is 86.7 Å². The number of benzene rings is 1. The lowest BCUT2D eigenvalue weighted by molar-refractivity contribution is -0.182. The van der Waals surface area contributed by atoms with Crippen LogP contribution in [0.3, 0.4) is 0 Å². The first-order chi connectivity index (χ1) is 6.15. The average molecular weight is 201 g/mol. The van der Waals surface area contributed by atoms with E-state index in [4.69, 9.17) is 5.26 Å². The summed E-state index contributed by atoms with van der Waals surface area (Å²) in [6, 6.07) is 4.94. The van der Waals surface area contributed by atoms with Crippen molar-refractivity contribution < 1.29 is 23.7 Å². The summed E-state index contributed by atoms with van der Waals surface area (Å²) < 4.78 is 20.8. The fraction of sp³-hybridized carbons (Fsp3) is 0. The monoisotopic (exact) mass is 201 g/mol. The lowest BCUT2D eigenvalue weighted by atomic mass is 10.2. The quantitative estimate of drug-likeness (QED) is 0.429. The summed E-state index contributed by atoms with van der Waals surface area (Å²) in [4.78, 5) is 14.2. The Morgan fingerprint density at radius 1 is 1.38 bits per heavy atom. The van der Waals surface area contributed by atoms with Gasteiger partial charge in [0.1, 0.15) is 0 Å². The molecule has 0 radical (unpaired) electrons. The third-order valence-corrected chi connectivity index (χ3v) is 2.02. The van der Waals surface area contributed by atoms with Gasteiger partial charge in [-0.15, -0.1) is 0 Å². The second-order valence-corrected chi connectivity index (χ2v) is 3.08. The Kier molecular flexibility index (Phi) is 3.13. The van der Waals surface area contributed by atoms with E-state index in [-0.39, 0.29) is 10.5 Å². The normalized spacial score (nSPS) is 12.2. The maximum absolute atomic E-state index is 10.7. The molecule has 5 nitrogen and oxygen atoms in total. The summed E-state index contributed by atoms with van der Waals surface area (Å²) in [6.45, 7) is 0. The van der Waals surface area contributed by atoms with Gasteiger partial charge in [-0.25, -0.2) is 4.79 Å². The minimum Gasteiger partial charge on any atom is -0.768 e. The molecule has 1 unspecified atom stereocenters. The van der Waals surface area contributed by atoms with Crippen LogP contribution in [0.25, 0.3) is 0 Å². The number of hydrogen-bond donors (Lipinski definition) is 1. The van der Waals surface area contributed by atoms with Crippen LogP contribution in [0.2, 0.25) is 0 Å². The summed E-state index contributed by atoms with van der Waals surface area (Å²) in [5, 5.41) is 8.00. The fourth-order valence-electron chi connectivity index (χ4n) is 0.755. The molecular formula is C7H5O5S-. The molecule has 13 heavy (non-hydrogen) atoms. The van der Waals surface area contributed by atoms with Gasteiger partial charge >= 0.3 is 5.97 Å². The molecule has 70 valence electrons. The van der Waals surface area contributed by atoms with Crippen molar-refractivity contribution in [2.75, 3.05) is 0 Å². The van der Waals surface area contributed by atoms with Gasteiger partial charge in [0.05, 0.1) is 5.56 Å². The first-order valence-corrected chi connectivity index (χ1v) is 4.27. The SMILES string of the molecule is O=C(OO)c1ccc(S(=O)[O-])cc1. The summed E-state index contributed by atoms with van der Waals surface area (Å²) in [7, 11) is 0. The van der Waals surface area contributed by atoms with Gasteiger partial charge in [-0.1, -0.05) is 0 Å². The van der Waals surface area contributed by atoms with E-state index in [0.717, 1.165) is 0 Å². The predicted octanol–water partition coefficient (Wildman–Crippen LogP) is 0.554. The number of hydrogen-bond acceptors (Lipinski definition) is 5. The molecule has 1 aromatic rings. The number of carbonyl (C=O) groups excluding carboxylic acids is 1. The first-order valence-electron chi connectivity index (χ1n) is 3.20. The van der Waals surface area contributed by atoms with Gasteiger partial charge in [0.2, 0.25) is 0 Å². The van der Waals surface area contributed by atoms with Crippen LogP contribution in [0.5, 0.6) is 0 Å². The second-order valence-electron chi connectivity index (χ2n) is 2.14. The van der Waals surface area contributed by atoms with E-state index >= 15 is 0 Å². The van der Waals surface area contributed by atoms with Crippen LogP contribution in [-0.2, 0) is 16.0 Å². The van der Waals surface area contributed by atoms with Crippen LogP contribution >= 0.6 is 0 Å². The highest BCUT2D eigenvalue weighted by Crippen LogP contribution is 2.07. The second kappa shape index (κ2) is 4.13. The largest absolute Gasteiger partial charge is 0.768 e. The van der Waals surface area contributed by atoms with Gasteiger partial charge in [0.15, 0.2) is 0 Å². The lowest BCUT2D eigenvalue weighted by Gasteiger charge is -2.04. The summed E-state index contributed by atoms with van der Waals surface area (Å²) >= 11 is -2.32. The Morgan fingerprint density at radius 3 is 2.31 bits per heavy atom.